The maximum absolute atomic E-state index is 5.73. The van der Waals surface area contributed by atoms with Gasteiger partial charge in [-0.1, -0.05) is 18.2 Å². The highest BCUT2D eigenvalue weighted by Crippen LogP contribution is 2.24. The van der Waals surface area contributed by atoms with Crippen LogP contribution in [0.5, 0.6) is 0 Å². The summed E-state index contributed by atoms with van der Waals surface area (Å²) in [6, 6.07) is 13.5. The molecule has 0 bridgehead atoms. The van der Waals surface area contributed by atoms with E-state index in [9.17, 15) is 0 Å². The number of aromatic nitrogens is 2. The maximum atomic E-state index is 5.73. The van der Waals surface area contributed by atoms with Crippen LogP contribution in [-0.2, 0) is 0 Å². The average Bonchev–Trinajstić information content (AvgIpc) is 2.39. The highest BCUT2D eigenvalue weighted by molar-refractivity contribution is 5.91. The van der Waals surface area contributed by atoms with E-state index in [4.69, 9.17) is 5.73 Å². The minimum Gasteiger partial charge on any atom is -0.399 e. The molecule has 2 aromatic heterocycles. The van der Waals surface area contributed by atoms with E-state index < -0.39 is 0 Å². The van der Waals surface area contributed by atoms with Crippen LogP contribution < -0.4 is 11.1 Å². The number of para-hydroxylation sites is 1. The van der Waals surface area contributed by atoms with Gasteiger partial charge in [0.1, 0.15) is 5.82 Å². The van der Waals surface area contributed by atoms with Crippen molar-refractivity contribution in [2.75, 3.05) is 11.1 Å². The molecule has 3 rings (SSSR count). The molecule has 0 spiro atoms. The Bertz CT molecular complexity index is 689. The summed E-state index contributed by atoms with van der Waals surface area (Å²) >= 11 is 0. The number of nitrogens with zero attached hydrogens (tertiary/aromatic N) is 2. The first-order chi connectivity index (χ1) is 8.83. The lowest BCUT2D eigenvalue weighted by Gasteiger charge is -2.08. The fourth-order valence-corrected chi connectivity index (χ4v) is 1.86. The SMILES string of the molecule is Nc1ccnc(Nc2cccc3cccnc23)c1. The van der Waals surface area contributed by atoms with Gasteiger partial charge in [-0.15, -0.1) is 0 Å². The molecule has 0 aliphatic carbocycles. The molecule has 2 heterocycles. The highest BCUT2D eigenvalue weighted by atomic mass is 15.0. The summed E-state index contributed by atoms with van der Waals surface area (Å²) in [4.78, 5) is 8.60. The van der Waals surface area contributed by atoms with Crippen LogP contribution in [-0.4, -0.2) is 9.97 Å². The molecule has 3 N–H and O–H groups in total. The number of fused-ring (bicyclic) bond motifs is 1. The largest absolute Gasteiger partial charge is 0.399 e. The van der Waals surface area contributed by atoms with Crippen molar-refractivity contribution in [3.05, 3.63) is 54.9 Å². The minimum atomic E-state index is 0.681. The Morgan fingerprint density at radius 3 is 2.72 bits per heavy atom. The Hall–Kier alpha value is -2.62. The van der Waals surface area contributed by atoms with Crippen LogP contribution in [0.4, 0.5) is 17.2 Å². The second-order valence-electron chi connectivity index (χ2n) is 3.98. The van der Waals surface area contributed by atoms with Gasteiger partial charge in [-0.2, -0.15) is 0 Å². The van der Waals surface area contributed by atoms with E-state index in [0.717, 1.165) is 16.6 Å². The molecule has 0 atom stereocenters. The Labute approximate surface area is 104 Å². The summed E-state index contributed by atoms with van der Waals surface area (Å²) in [6.07, 6.45) is 3.45. The minimum absolute atomic E-state index is 0.681. The van der Waals surface area contributed by atoms with Gasteiger partial charge < -0.3 is 11.1 Å². The van der Waals surface area contributed by atoms with E-state index >= 15 is 0 Å². The molecule has 0 radical (unpaired) electrons. The molecule has 0 amide bonds. The molecular weight excluding hydrogens is 224 g/mol. The first-order valence-electron chi connectivity index (χ1n) is 5.65. The van der Waals surface area contributed by atoms with Gasteiger partial charge >= 0.3 is 0 Å². The molecule has 0 saturated carbocycles. The summed E-state index contributed by atoms with van der Waals surface area (Å²) in [7, 11) is 0. The van der Waals surface area contributed by atoms with Crippen LogP contribution in [0.15, 0.2) is 54.9 Å². The van der Waals surface area contributed by atoms with Crippen LogP contribution in [0.25, 0.3) is 10.9 Å². The second-order valence-corrected chi connectivity index (χ2v) is 3.98. The van der Waals surface area contributed by atoms with Gasteiger partial charge in [0.15, 0.2) is 0 Å². The van der Waals surface area contributed by atoms with Crippen molar-refractivity contribution in [3.63, 3.8) is 0 Å². The molecule has 0 unspecified atom stereocenters. The van der Waals surface area contributed by atoms with E-state index in [1.807, 2.05) is 30.3 Å². The van der Waals surface area contributed by atoms with Crippen molar-refractivity contribution in [1.29, 1.82) is 0 Å². The molecule has 18 heavy (non-hydrogen) atoms. The molecule has 3 aromatic rings. The number of pyridine rings is 2. The molecule has 88 valence electrons. The van der Waals surface area contributed by atoms with Gasteiger partial charge in [0.2, 0.25) is 0 Å². The third-order valence-electron chi connectivity index (χ3n) is 2.68. The molecule has 0 fully saturated rings. The van der Waals surface area contributed by atoms with E-state index in [2.05, 4.69) is 15.3 Å². The monoisotopic (exact) mass is 236 g/mol. The number of benzene rings is 1. The van der Waals surface area contributed by atoms with Crippen LogP contribution in [0.2, 0.25) is 0 Å². The van der Waals surface area contributed by atoms with Crippen molar-refractivity contribution in [2.45, 2.75) is 0 Å². The van der Waals surface area contributed by atoms with E-state index in [0.29, 0.717) is 11.5 Å². The fraction of sp³-hybridized carbons (Fsp3) is 0. The van der Waals surface area contributed by atoms with Crippen molar-refractivity contribution in [2.24, 2.45) is 0 Å². The zero-order valence-corrected chi connectivity index (χ0v) is 9.67. The topological polar surface area (TPSA) is 63.8 Å². The van der Waals surface area contributed by atoms with Crippen molar-refractivity contribution >= 4 is 28.1 Å². The van der Waals surface area contributed by atoms with E-state index in [1.165, 1.54) is 0 Å². The lowest BCUT2D eigenvalue weighted by Crippen LogP contribution is -1.96. The van der Waals surface area contributed by atoms with Crippen LogP contribution in [0, 0.1) is 0 Å². The quantitative estimate of drug-likeness (QED) is 0.718. The van der Waals surface area contributed by atoms with Crippen LogP contribution in [0.1, 0.15) is 0 Å². The summed E-state index contributed by atoms with van der Waals surface area (Å²) in [5.74, 6) is 0.716. The average molecular weight is 236 g/mol. The van der Waals surface area contributed by atoms with Gasteiger partial charge in [-0.05, 0) is 18.2 Å². The van der Waals surface area contributed by atoms with Gasteiger partial charge in [-0.25, -0.2) is 4.98 Å². The number of nitrogens with two attached hydrogens (primary N) is 1. The summed E-state index contributed by atoms with van der Waals surface area (Å²) in [5.41, 5.74) is 8.25. The number of hydrogen-bond acceptors (Lipinski definition) is 4. The molecule has 4 nitrogen and oxygen atoms in total. The van der Waals surface area contributed by atoms with E-state index in [1.54, 1.807) is 24.5 Å². The number of nitrogen functional groups attached to an aromatic ring is 1. The lowest BCUT2D eigenvalue weighted by atomic mass is 10.2. The normalized spacial score (nSPS) is 10.4. The molecule has 1 aromatic carbocycles. The first kappa shape index (κ1) is 10.5. The lowest BCUT2D eigenvalue weighted by molar-refractivity contribution is 1.31. The number of rotatable bonds is 2. The number of hydrogen-bond donors (Lipinski definition) is 2. The van der Waals surface area contributed by atoms with Crippen LogP contribution in [0.3, 0.4) is 0 Å². The van der Waals surface area contributed by atoms with Crippen LogP contribution >= 0.6 is 0 Å². The molecule has 0 aliphatic rings. The smallest absolute Gasteiger partial charge is 0.132 e. The van der Waals surface area contributed by atoms with Gasteiger partial charge in [0, 0.05) is 29.5 Å². The molecule has 0 saturated heterocycles. The highest BCUT2D eigenvalue weighted by Gasteiger charge is 2.02. The zero-order valence-electron chi connectivity index (χ0n) is 9.67. The first-order valence-corrected chi connectivity index (χ1v) is 5.65. The standard InChI is InChI=1S/C14H12N4/c15-11-6-8-16-13(9-11)18-12-5-1-3-10-4-2-7-17-14(10)12/h1-9H,(H3,15,16,18). The Morgan fingerprint density at radius 2 is 1.83 bits per heavy atom. The number of nitrogens with one attached hydrogen (secondary N) is 1. The second kappa shape index (κ2) is 4.33. The number of anilines is 3. The van der Waals surface area contributed by atoms with Crippen molar-refractivity contribution in [1.82, 2.24) is 9.97 Å². The van der Waals surface area contributed by atoms with Gasteiger partial charge in [0.05, 0.1) is 11.2 Å². The Kier molecular flexibility index (Phi) is 2.53. The maximum Gasteiger partial charge on any atom is 0.132 e. The molecule has 0 aliphatic heterocycles. The third-order valence-corrected chi connectivity index (χ3v) is 2.68. The molecule has 4 heteroatoms. The van der Waals surface area contributed by atoms with E-state index in [-0.39, 0.29) is 0 Å². The summed E-state index contributed by atoms with van der Waals surface area (Å²) in [6.45, 7) is 0. The van der Waals surface area contributed by atoms with Gasteiger partial charge in [-0.3, -0.25) is 4.98 Å². The van der Waals surface area contributed by atoms with Crippen molar-refractivity contribution < 1.29 is 0 Å². The fourth-order valence-electron chi connectivity index (χ4n) is 1.86. The van der Waals surface area contributed by atoms with Gasteiger partial charge in [0.25, 0.3) is 0 Å². The Balaban J connectivity index is 2.05. The predicted octanol–water partition coefficient (Wildman–Crippen LogP) is 2.96. The molecular formula is C14H12N4. The zero-order chi connectivity index (χ0) is 12.4. The summed E-state index contributed by atoms with van der Waals surface area (Å²) < 4.78 is 0. The summed E-state index contributed by atoms with van der Waals surface area (Å²) in [5, 5.41) is 4.32. The third kappa shape index (κ3) is 1.96. The Morgan fingerprint density at radius 1 is 0.944 bits per heavy atom. The van der Waals surface area contributed by atoms with Crippen molar-refractivity contribution in [3.8, 4) is 0 Å². The predicted molar refractivity (Wildman–Crippen MR) is 73.7 cm³/mol.